The molecule has 5 nitrogen and oxygen atoms in total. The minimum atomic E-state index is -3.41. The van der Waals surface area contributed by atoms with Gasteiger partial charge in [0, 0.05) is 25.9 Å². The molecular weight excluding hydrogens is 264 g/mol. The fourth-order valence-corrected chi connectivity index (χ4v) is 3.96. The van der Waals surface area contributed by atoms with E-state index < -0.39 is 10.0 Å². The first kappa shape index (κ1) is 14.3. The Labute approximate surface area is 114 Å². The summed E-state index contributed by atoms with van der Waals surface area (Å²) in [6.45, 7) is 1.71. The van der Waals surface area contributed by atoms with Crippen molar-refractivity contribution in [1.29, 1.82) is 0 Å². The van der Waals surface area contributed by atoms with E-state index in [1.807, 2.05) is 0 Å². The summed E-state index contributed by atoms with van der Waals surface area (Å²) in [5.74, 6) is 0.280. The van der Waals surface area contributed by atoms with Gasteiger partial charge in [0.1, 0.15) is 0 Å². The maximum absolute atomic E-state index is 12.5. The fourth-order valence-electron chi connectivity index (χ4n) is 2.41. The second-order valence-electron chi connectivity index (χ2n) is 4.90. The van der Waals surface area contributed by atoms with E-state index in [1.165, 1.54) is 0 Å². The third-order valence-corrected chi connectivity index (χ3v) is 5.28. The summed E-state index contributed by atoms with van der Waals surface area (Å²) in [5.41, 5.74) is 6.15. The molecule has 1 heterocycles. The predicted octanol–water partition coefficient (Wildman–Crippen LogP) is 1.32. The van der Waals surface area contributed by atoms with Crippen LogP contribution in [0.15, 0.2) is 29.2 Å². The van der Waals surface area contributed by atoms with Crippen LogP contribution in [0.25, 0.3) is 0 Å². The molecule has 0 amide bonds. The first-order chi connectivity index (χ1) is 9.04. The van der Waals surface area contributed by atoms with Crippen LogP contribution in [0.1, 0.15) is 12.8 Å². The normalized spacial score (nSPS) is 21.4. The van der Waals surface area contributed by atoms with Gasteiger partial charge in [-0.2, -0.15) is 4.31 Å². The third-order valence-electron chi connectivity index (χ3n) is 3.40. The number of sulfonamides is 1. The second-order valence-corrected chi connectivity index (χ2v) is 6.83. The molecular formula is C13H20N2O3S. The maximum Gasteiger partial charge on any atom is 0.243 e. The molecule has 19 heavy (non-hydrogen) atoms. The number of methoxy groups -OCH3 is 1. The number of rotatable bonds is 4. The lowest BCUT2D eigenvalue weighted by Gasteiger charge is -2.31. The van der Waals surface area contributed by atoms with Crippen LogP contribution < -0.4 is 5.73 Å². The van der Waals surface area contributed by atoms with Crippen LogP contribution >= 0.6 is 0 Å². The number of hydrogen-bond acceptors (Lipinski definition) is 4. The number of piperidine rings is 1. The highest BCUT2D eigenvalue weighted by Gasteiger charge is 2.30. The molecule has 1 fully saturated rings. The van der Waals surface area contributed by atoms with Crippen molar-refractivity contribution in [2.45, 2.75) is 17.7 Å². The van der Waals surface area contributed by atoms with Crippen LogP contribution in [0.3, 0.4) is 0 Å². The van der Waals surface area contributed by atoms with Crippen molar-refractivity contribution >= 4 is 15.7 Å². The van der Waals surface area contributed by atoms with Crippen molar-refractivity contribution in [3.8, 4) is 0 Å². The molecule has 0 radical (unpaired) electrons. The van der Waals surface area contributed by atoms with Gasteiger partial charge < -0.3 is 10.5 Å². The monoisotopic (exact) mass is 284 g/mol. The standard InChI is InChI=1S/C13H20N2O3S/c1-18-10-11-3-2-8-15(9-11)19(16,17)13-6-4-12(14)5-7-13/h4-7,11H,2-3,8-10,14H2,1H3. The number of hydrogen-bond donors (Lipinski definition) is 1. The molecule has 0 bridgehead atoms. The average molecular weight is 284 g/mol. The summed E-state index contributed by atoms with van der Waals surface area (Å²) in [5, 5.41) is 0. The van der Waals surface area contributed by atoms with Gasteiger partial charge in [0.05, 0.1) is 11.5 Å². The van der Waals surface area contributed by atoms with E-state index in [0.29, 0.717) is 30.3 Å². The topological polar surface area (TPSA) is 72.6 Å². The highest BCUT2D eigenvalue weighted by atomic mass is 32.2. The fraction of sp³-hybridized carbons (Fsp3) is 0.538. The molecule has 0 spiro atoms. The Kier molecular flexibility index (Phi) is 4.44. The summed E-state index contributed by atoms with van der Waals surface area (Å²) in [6, 6.07) is 6.35. The molecule has 1 unspecified atom stereocenters. The molecule has 1 aliphatic heterocycles. The van der Waals surface area contributed by atoms with Crippen molar-refractivity contribution in [2.75, 3.05) is 32.5 Å². The zero-order chi connectivity index (χ0) is 13.9. The van der Waals surface area contributed by atoms with Gasteiger partial charge >= 0.3 is 0 Å². The summed E-state index contributed by atoms with van der Waals surface area (Å²) in [4.78, 5) is 0.305. The van der Waals surface area contributed by atoms with Gasteiger partial charge in [0.15, 0.2) is 0 Å². The van der Waals surface area contributed by atoms with Crippen LogP contribution in [0.5, 0.6) is 0 Å². The lowest BCUT2D eigenvalue weighted by atomic mass is 10.0. The predicted molar refractivity (Wildman–Crippen MR) is 74.2 cm³/mol. The molecule has 6 heteroatoms. The molecule has 1 aliphatic rings. The zero-order valence-corrected chi connectivity index (χ0v) is 11.9. The van der Waals surface area contributed by atoms with Gasteiger partial charge in [-0.3, -0.25) is 0 Å². The van der Waals surface area contributed by atoms with Gasteiger partial charge in [-0.05, 0) is 43.0 Å². The third kappa shape index (κ3) is 3.26. The van der Waals surface area contributed by atoms with Crippen molar-refractivity contribution in [3.05, 3.63) is 24.3 Å². The Balaban J connectivity index is 2.17. The SMILES string of the molecule is COCC1CCCN(S(=O)(=O)c2ccc(N)cc2)C1. The zero-order valence-electron chi connectivity index (χ0n) is 11.1. The van der Waals surface area contributed by atoms with Gasteiger partial charge in [-0.25, -0.2) is 8.42 Å². The molecule has 106 valence electrons. The van der Waals surface area contributed by atoms with E-state index in [2.05, 4.69) is 0 Å². The summed E-state index contributed by atoms with van der Waals surface area (Å²) in [6.07, 6.45) is 1.89. The number of ether oxygens (including phenoxy) is 1. The highest BCUT2D eigenvalue weighted by molar-refractivity contribution is 7.89. The van der Waals surface area contributed by atoms with E-state index in [4.69, 9.17) is 10.5 Å². The van der Waals surface area contributed by atoms with Crippen molar-refractivity contribution in [1.82, 2.24) is 4.31 Å². The van der Waals surface area contributed by atoms with Crippen molar-refractivity contribution in [3.63, 3.8) is 0 Å². The molecule has 0 saturated carbocycles. The molecule has 2 N–H and O–H groups in total. The minimum Gasteiger partial charge on any atom is -0.399 e. The lowest BCUT2D eigenvalue weighted by Crippen LogP contribution is -2.41. The van der Waals surface area contributed by atoms with Gasteiger partial charge in [-0.15, -0.1) is 0 Å². The van der Waals surface area contributed by atoms with E-state index in [-0.39, 0.29) is 5.92 Å². The smallest absolute Gasteiger partial charge is 0.243 e. The number of nitrogen functional groups attached to an aromatic ring is 1. The minimum absolute atomic E-state index is 0.280. The largest absolute Gasteiger partial charge is 0.399 e. The van der Waals surface area contributed by atoms with E-state index >= 15 is 0 Å². The van der Waals surface area contributed by atoms with Gasteiger partial charge in [0.25, 0.3) is 0 Å². The summed E-state index contributed by atoms with van der Waals surface area (Å²) in [7, 11) is -1.76. The maximum atomic E-state index is 12.5. The molecule has 0 aromatic heterocycles. The molecule has 0 aliphatic carbocycles. The van der Waals surface area contributed by atoms with Crippen LogP contribution in [-0.2, 0) is 14.8 Å². The van der Waals surface area contributed by atoms with Crippen LogP contribution in [-0.4, -0.2) is 39.5 Å². The molecule has 2 rings (SSSR count). The highest BCUT2D eigenvalue weighted by Crippen LogP contribution is 2.24. The van der Waals surface area contributed by atoms with E-state index in [0.717, 1.165) is 12.8 Å². The van der Waals surface area contributed by atoms with Crippen LogP contribution in [0.2, 0.25) is 0 Å². The first-order valence-corrected chi connectivity index (χ1v) is 7.82. The Morgan fingerprint density at radius 2 is 2.05 bits per heavy atom. The Morgan fingerprint density at radius 1 is 1.37 bits per heavy atom. The van der Waals surface area contributed by atoms with Gasteiger partial charge in [0.2, 0.25) is 10.0 Å². The molecule has 1 atom stereocenters. The van der Waals surface area contributed by atoms with Crippen LogP contribution in [0, 0.1) is 5.92 Å². The van der Waals surface area contributed by atoms with Crippen molar-refractivity contribution in [2.24, 2.45) is 5.92 Å². The van der Waals surface area contributed by atoms with Crippen LogP contribution in [0.4, 0.5) is 5.69 Å². The van der Waals surface area contributed by atoms with Crippen molar-refractivity contribution < 1.29 is 13.2 Å². The quantitative estimate of drug-likeness (QED) is 0.846. The second kappa shape index (κ2) is 5.90. The number of nitrogens with zero attached hydrogens (tertiary/aromatic N) is 1. The molecule has 1 aromatic rings. The van der Waals surface area contributed by atoms with E-state index in [9.17, 15) is 8.42 Å². The van der Waals surface area contributed by atoms with Gasteiger partial charge in [-0.1, -0.05) is 0 Å². The lowest BCUT2D eigenvalue weighted by molar-refractivity contribution is 0.118. The Morgan fingerprint density at radius 3 is 2.68 bits per heavy atom. The Hall–Kier alpha value is -1.11. The van der Waals surface area contributed by atoms with E-state index in [1.54, 1.807) is 35.7 Å². The number of anilines is 1. The number of nitrogens with two attached hydrogens (primary N) is 1. The first-order valence-electron chi connectivity index (χ1n) is 6.38. The summed E-state index contributed by atoms with van der Waals surface area (Å²) < 4.78 is 31.7. The summed E-state index contributed by atoms with van der Waals surface area (Å²) >= 11 is 0. The molecule has 1 saturated heterocycles. The average Bonchev–Trinajstić information content (AvgIpc) is 2.40. The Bertz CT molecular complexity index is 511. The number of benzene rings is 1. The molecule has 1 aromatic carbocycles.